The summed E-state index contributed by atoms with van der Waals surface area (Å²) in [7, 11) is 0. The third-order valence-corrected chi connectivity index (χ3v) is 3.46. The molecular formula is C15H17N7O2. The van der Waals surface area contributed by atoms with Gasteiger partial charge in [-0.15, -0.1) is 10.2 Å². The molecule has 24 heavy (non-hydrogen) atoms. The Labute approximate surface area is 138 Å². The van der Waals surface area contributed by atoms with Crippen molar-refractivity contribution >= 4 is 23.5 Å². The summed E-state index contributed by atoms with van der Waals surface area (Å²) in [5.74, 6) is 0.768. The molecule has 3 aromatic rings. The van der Waals surface area contributed by atoms with Crippen molar-refractivity contribution < 1.29 is 9.90 Å². The Bertz CT molecular complexity index is 847. The second kappa shape index (κ2) is 6.49. The molecule has 3 heterocycles. The molecule has 0 unspecified atom stereocenters. The van der Waals surface area contributed by atoms with E-state index in [9.17, 15) is 9.90 Å². The topological polar surface area (TPSA) is 109 Å². The fourth-order valence-corrected chi connectivity index (χ4v) is 2.33. The van der Waals surface area contributed by atoms with Crippen LogP contribution >= 0.6 is 0 Å². The standard InChI is InChI=1S/C15H17N7O2/c1-10(2)22(15(23)24)14-20-19-13-12(17-7-8-21(13)14)18-9-11-3-5-16-6-4-11/h3-8,10H,9H2,1-2H3,(H,17,18)(H,23,24). The summed E-state index contributed by atoms with van der Waals surface area (Å²) in [6.07, 6.45) is 5.57. The summed E-state index contributed by atoms with van der Waals surface area (Å²) in [6.45, 7) is 4.10. The van der Waals surface area contributed by atoms with Crippen molar-refractivity contribution in [3.8, 4) is 0 Å². The number of hydrogen-bond donors (Lipinski definition) is 2. The van der Waals surface area contributed by atoms with Crippen LogP contribution in [0.3, 0.4) is 0 Å². The van der Waals surface area contributed by atoms with Crippen molar-refractivity contribution in [2.75, 3.05) is 10.2 Å². The van der Waals surface area contributed by atoms with E-state index in [4.69, 9.17) is 0 Å². The van der Waals surface area contributed by atoms with Gasteiger partial charge in [-0.2, -0.15) is 0 Å². The van der Waals surface area contributed by atoms with E-state index < -0.39 is 6.09 Å². The second-order valence-electron chi connectivity index (χ2n) is 5.42. The molecule has 3 rings (SSSR count). The molecule has 9 nitrogen and oxygen atoms in total. The number of anilines is 2. The van der Waals surface area contributed by atoms with Gasteiger partial charge in [0.2, 0.25) is 11.6 Å². The predicted molar refractivity (Wildman–Crippen MR) is 88.0 cm³/mol. The zero-order valence-electron chi connectivity index (χ0n) is 13.3. The molecule has 0 bridgehead atoms. The fraction of sp³-hybridized carbons (Fsp3) is 0.267. The zero-order chi connectivity index (χ0) is 17.1. The van der Waals surface area contributed by atoms with E-state index in [2.05, 4.69) is 25.5 Å². The van der Waals surface area contributed by atoms with Gasteiger partial charge < -0.3 is 10.4 Å². The number of nitrogens with zero attached hydrogens (tertiary/aromatic N) is 6. The van der Waals surface area contributed by atoms with E-state index in [-0.39, 0.29) is 12.0 Å². The van der Waals surface area contributed by atoms with Crippen LogP contribution in [0.5, 0.6) is 0 Å². The number of hydrogen-bond acceptors (Lipinski definition) is 6. The first-order valence-corrected chi connectivity index (χ1v) is 7.42. The molecule has 0 spiro atoms. The van der Waals surface area contributed by atoms with Crippen LogP contribution in [0.15, 0.2) is 36.9 Å². The highest BCUT2D eigenvalue weighted by atomic mass is 16.4. The number of carbonyl (C=O) groups is 1. The number of nitrogens with one attached hydrogen (secondary N) is 1. The SMILES string of the molecule is CC(C)N(C(=O)O)c1nnc2c(NCc3ccncc3)nccn12. The minimum absolute atomic E-state index is 0.238. The van der Waals surface area contributed by atoms with Gasteiger partial charge in [-0.3, -0.25) is 9.38 Å². The average molecular weight is 327 g/mol. The van der Waals surface area contributed by atoms with Gasteiger partial charge in [0, 0.05) is 37.4 Å². The first-order chi connectivity index (χ1) is 11.6. The molecule has 0 radical (unpaired) electrons. The molecule has 0 saturated carbocycles. The number of pyridine rings is 1. The van der Waals surface area contributed by atoms with Crippen molar-refractivity contribution in [3.05, 3.63) is 42.5 Å². The van der Waals surface area contributed by atoms with Crippen LogP contribution in [-0.2, 0) is 6.54 Å². The normalized spacial score (nSPS) is 11.0. The maximum Gasteiger partial charge on any atom is 0.414 e. The number of carboxylic acid groups (broad SMARTS) is 1. The maximum atomic E-state index is 11.5. The smallest absolute Gasteiger partial charge is 0.414 e. The van der Waals surface area contributed by atoms with Crippen LogP contribution in [0, 0.1) is 0 Å². The largest absolute Gasteiger partial charge is 0.465 e. The van der Waals surface area contributed by atoms with Gasteiger partial charge in [0.1, 0.15) is 0 Å². The summed E-state index contributed by atoms with van der Waals surface area (Å²) >= 11 is 0. The first kappa shape index (κ1) is 15.7. The predicted octanol–water partition coefficient (Wildman–Crippen LogP) is 2.02. The number of amides is 1. The summed E-state index contributed by atoms with van der Waals surface area (Å²) in [5, 5.41) is 20.7. The lowest BCUT2D eigenvalue weighted by Crippen LogP contribution is -2.37. The summed E-state index contributed by atoms with van der Waals surface area (Å²) < 4.78 is 1.61. The van der Waals surface area contributed by atoms with Crippen molar-refractivity contribution in [1.29, 1.82) is 0 Å². The monoisotopic (exact) mass is 327 g/mol. The van der Waals surface area contributed by atoms with E-state index in [1.54, 1.807) is 43.0 Å². The lowest BCUT2D eigenvalue weighted by atomic mass is 10.3. The molecule has 0 aromatic carbocycles. The fourth-order valence-electron chi connectivity index (χ4n) is 2.33. The molecule has 3 aromatic heterocycles. The molecule has 0 aliphatic carbocycles. The Hall–Kier alpha value is -3.23. The lowest BCUT2D eigenvalue weighted by molar-refractivity contribution is 0.199. The Kier molecular flexibility index (Phi) is 4.23. The van der Waals surface area contributed by atoms with Crippen molar-refractivity contribution in [2.45, 2.75) is 26.4 Å². The minimum Gasteiger partial charge on any atom is -0.465 e. The lowest BCUT2D eigenvalue weighted by Gasteiger charge is -2.20. The van der Waals surface area contributed by atoms with Gasteiger partial charge >= 0.3 is 6.09 Å². The van der Waals surface area contributed by atoms with Crippen LogP contribution in [0.1, 0.15) is 19.4 Å². The molecular weight excluding hydrogens is 310 g/mol. The Morgan fingerprint density at radius 3 is 2.71 bits per heavy atom. The maximum absolute atomic E-state index is 11.5. The Balaban J connectivity index is 1.93. The highest BCUT2D eigenvalue weighted by Gasteiger charge is 2.24. The van der Waals surface area contributed by atoms with Crippen molar-refractivity contribution in [1.82, 2.24) is 24.6 Å². The molecule has 124 valence electrons. The van der Waals surface area contributed by atoms with Gasteiger partial charge in [-0.05, 0) is 31.5 Å². The number of aromatic nitrogens is 5. The minimum atomic E-state index is -1.08. The third-order valence-electron chi connectivity index (χ3n) is 3.46. The molecule has 0 fully saturated rings. The van der Waals surface area contributed by atoms with Gasteiger partial charge in [0.05, 0.1) is 0 Å². The first-order valence-electron chi connectivity index (χ1n) is 7.42. The van der Waals surface area contributed by atoms with E-state index in [1.807, 2.05) is 12.1 Å². The second-order valence-corrected chi connectivity index (χ2v) is 5.42. The average Bonchev–Trinajstić information content (AvgIpc) is 2.98. The van der Waals surface area contributed by atoms with Gasteiger partial charge in [-0.25, -0.2) is 14.7 Å². The highest BCUT2D eigenvalue weighted by molar-refractivity contribution is 5.85. The molecule has 1 amide bonds. The molecule has 0 atom stereocenters. The van der Waals surface area contributed by atoms with Crippen LogP contribution in [0.25, 0.3) is 5.65 Å². The molecule has 0 aliphatic heterocycles. The molecule has 2 N–H and O–H groups in total. The molecule has 0 saturated heterocycles. The van der Waals surface area contributed by atoms with E-state index in [0.29, 0.717) is 18.0 Å². The van der Waals surface area contributed by atoms with E-state index in [0.717, 1.165) is 10.5 Å². The van der Waals surface area contributed by atoms with Gasteiger partial charge in [0.25, 0.3) is 0 Å². The summed E-state index contributed by atoms with van der Waals surface area (Å²) in [6, 6.07) is 3.52. The number of fused-ring (bicyclic) bond motifs is 1. The molecule has 0 aliphatic rings. The Morgan fingerprint density at radius 1 is 1.29 bits per heavy atom. The van der Waals surface area contributed by atoms with Crippen LogP contribution in [-0.4, -0.2) is 41.8 Å². The van der Waals surface area contributed by atoms with Crippen molar-refractivity contribution in [3.63, 3.8) is 0 Å². The van der Waals surface area contributed by atoms with E-state index >= 15 is 0 Å². The van der Waals surface area contributed by atoms with Gasteiger partial charge in [-0.1, -0.05) is 0 Å². The van der Waals surface area contributed by atoms with Crippen LogP contribution < -0.4 is 10.2 Å². The number of rotatable bonds is 5. The van der Waals surface area contributed by atoms with E-state index in [1.165, 1.54) is 0 Å². The van der Waals surface area contributed by atoms with Gasteiger partial charge in [0.15, 0.2) is 5.82 Å². The zero-order valence-corrected chi connectivity index (χ0v) is 13.3. The Morgan fingerprint density at radius 2 is 2.04 bits per heavy atom. The van der Waals surface area contributed by atoms with Crippen molar-refractivity contribution in [2.24, 2.45) is 0 Å². The summed E-state index contributed by atoms with van der Waals surface area (Å²) in [4.78, 5) is 20.9. The molecule has 9 heteroatoms. The highest BCUT2D eigenvalue weighted by Crippen LogP contribution is 2.20. The quantitative estimate of drug-likeness (QED) is 0.738. The summed E-state index contributed by atoms with van der Waals surface area (Å²) in [5.41, 5.74) is 1.51. The third kappa shape index (κ3) is 2.96. The van der Waals surface area contributed by atoms with Crippen LogP contribution in [0.2, 0.25) is 0 Å². The van der Waals surface area contributed by atoms with Crippen LogP contribution in [0.4, 0.5) is 16.6 Å².